The molecule has 1 amide bonds. The molecule has 0 fully saturated rings. The Balaban J connectivity index is 2.14. The van der Waals surface area contributed by atoms with Gasteiger partial charge in [0.2, 0.25) is 0 Å². The SMILES string of the molecule is CCOc1ccc(/C(C)=N\NC(=O)c2ccccn2)cc1OCC. The zero-order chi connectivity index (χ0) is 17.4. The van der Waals surface area contributed by atoms with E-state index in [1.807, 2.05) is 39.0 Å². The number of nitrogens with one attached hydrogen (secondary N) is 1. The smallest absolute Gasteiger partial charge is 0.289 e. The molecule has 1 aromatic heterocycles. The molecule has 6 heteroatoms. The molecule has 0 saturated heterocycles. The molecule has 2 rings (SSSR count). The first-order valence-corrected chi connectivity index (χ1v) is 7.81. The van der Waals surface area contributed by atoms with Crippen molar-refractivity contribution in [1.29, 1.82) is 0 Å². The maximum Gasteiger partial charge on any atom is 0.289 e. The van der Waals surface area contributed by atoms with Gasteiger partial charge in [0.05, 0.1) is 18.9 Å². The number of aromatic nitrogens is 1. The highest BCUT2D eigenvalue weighted by Gasteiger charge is 2.09. The number of hydrogen-bond acceptors (Lipinski definition) is 5. The van der Waals surface area contributed by atoms with Crippen LogP contribution in [0.1, 0.15) is 36.8 Å². The van der Waals surface area contributed by atoms with Crippen LogP contribution in [0, 0.1) is 0 Å². The summed E-state index contributed by atoms with van der Waals surface area (Å²) in [5, 5.41) is 4.13. The molecule has 0 atom stereocenters. The summed E-state index contributed by atoms with van der Waals surface area (Å²) in [6, 6.07) is 10.7. The van der Waals surface area contributed by atoms with Gasteiger partial charge in [-0.15, -0.1) is 0 Å². The molecule has 0 spiro atoms. The van der Waals surface area contributed by atoms with Crippen LogP contribution in [-0.4, -0.2) is 29.8 Å². The van der Waals surface area contributed by atoms with Crippen molar-refractivity contribution >= 4 is 11.6 Å². The molecule has 0 radical (unpaired) electrons. The van der Waals surface area contributed by atoms with Crippen LogP contribution in [-0.2, 0) is 0 Å². The number of rotatable bonds is 7. The quantitative estimate of drug-likeness (QED) is 0.627. The molecule has 1 N–H and O–H groups in total. The first kappa shape index (κ1) is 17.5. The monoisotopic (exact) mass is 327 g/mol. The minimum Gasteiger partial charge on any atom is -0.490 e. The van der Waals surface area contributed by atoms with E-state index in [0.717, 1.165) is 5.56 Å². The molecule has 0 aliphatic carbocycles. The van der Waals surface area contributed by atoms with Gasteiger partial charge < -0.3 is 9.47 Å². The van der Waals surface area contributed by atoms with E-state index < -0.39 is 0 Å². The van der Waals surface area contributed by atoms with Crippen LogP contribution in [0.15, 0.2) is 47.7 Å². The van der Waals surface area contributed by atoms with Gasteiger partial charge in [0.15, 0.2) is 11.5 Å². The molecule has 0 aliphatic rings. The summed E-state index contributed by atoms with van der Waals surface area (Å²) in [4.78, 5) is 15.9. The number of pyridine rings is 1. The molecule has 1 heterocycles. The highest BCUT2D eigenvalue weighted by Crippen LogP contribution is 2.28. The molecule has 1 aromatic carbocycles. The first-order chi connectivity index (χ1) is 11.7. The van der Waals surface area contributed by atoms with Crippen molar-refractivity contribution in [3.8, 4) is 11.5 Å². The fourth-order valence-corrected chi connectivity index (χ4v) is 2.03. The van der Waals surface area contributed by atoms with Crippen molar-refractivity contribution < 1.29 is 14.3 Å². The molecule has 0 saturated carbocycles. The Hall–Kier alpha value is -2.89. The van der Waals surface area contributed by atoms with E-state index in [9.17, 15) is 4.79 Å². The van der Waals surface area contributed by atoms with E-state index in [2.05, 4.69) is 15.5 Å². The number of hydrogen-bond donors (Lipinski definition) is 1. The lowest BCUT2D eigenvalue weighted by Crippen LogP contribution is -2.20. The number of carbonyl (C=O) groups excluding carboxylic acids is 1. The third-order valence-electron chi connectivity index (χ3n) is 3.18. The summed E-state index contributed by atoms with van der Waals surface area (Å²) in [6.07, 6.45) is 1.56. The highest BCUT2D eigenvalue weighted by molar-refractivity contribution is 6.00. The minimum atomic E-state index is -0.356. The van der Waals surface area contributed by atoms with Crippen molar-refractivity contribution in [2.45, 2.75) is 20.8 Å². The average molecular weight is 327 g/mol. The van der Waals surface area contributed by atoms with Crippen molar-refractivity contribution in [3.63, 3.8) is 0 Å². The Morgan fingerprint density at radius 2 is 1.88 bits per heavy atom. The lowest BCUT2D eigenvalue weighted by molar-refractivity contribution is 0.0950. The normalized spacial score (nSPS) is 11.0. The third kappa shape index (κ3) is 4.55. The van der Waals surface area contributed by atoms with Gasteiger partial charge in [-0.05, 0) is 51.1 Å². The Morgan fingerprint density at radius 3 is 2.54 bits per heavy atom. The Kier molecular flexibility index (Phi) is 6.31. The molecule has 2 aromatic rings. The highest BCUT2D eigenvalue weighted by atomic mass is 16.5. The summed E-state index contributed by atoms with van der Waals surface area (Å²) in [6.45, 7) is 6.74. The fraction of sp³-hybridized carbons (Fsp3) is 0.278. The number of amides is 1. The van der Waals surface area contributed by atoms with Crippen molar-refractivity contribution in [1.82, 2.24) is 10.4 Å². The van der Waals surface area contributed by atoms with Crippen molar-refractivity contribution in [2.24, 2.45) is 5.10 Å². The van der Waals surface area contributed by atoms with E-state index in [0.29, 0.717) is 36.1 Å². The van der Waals surface area contributed by atoms with Crippen LogP contribution in [0.2, 0.25) is 0 Å². The lowest BCUT2D eigenvalue weighted by atomic mass is 10.1. The predicted molar refractivity (Wildman–Crippen MR) is 92.7 cm³/mol. The molecule has 6 nitrogen and oxygen atoms in total. The molecular formula is C18H21N3O3. The second-order valence-electron chi connectivity index (χ2n) is 4.88. The number of benzene rings is 1. The van der Waals surface area contributed by atoms with Crippen LogP contribution in [0.3, 0.4) is 0 Å². The maximum atomic E-state index is 12.0. The van der Waals surface area contributed by atoms with E-state index in [4.69, 9.17) is 9.47 Å². The van der Waals surface area contributed by atoms with Crippen LogP contribution in [0.25, 0.3) is 0 Å². The van der Waals surface area contributed by atoms with Gasteiger partial charge in [-0.1, -0.05) is 6.07 Å². The third-order valence-corrected chi connectivity index (χ3v) is 3.18. The molecule has 0 unspecified atom stereocenters. The van der Waals surface area contributed by atoms with Gasteiger partial charge in [0.1, 0.15) is 5.69 Å². The summed E-state index contributed by atoms with van der Waals surface area (Å²) in [5.41, 5.74) is 4.31. The lowest BCUT2D eigenvalue weighted by Gasteiger charge is -2.12. The summed E-state index contributed by atoms with van der Waals surface area (Å²) in [7, 11) is 0. The second-order valence-corrected chi connectivity index (χ2v) is 4.88. The summed E-state index contributed by atoms with van der Waals surface area (Å²) >= 11 is 0. The number of carbonyl (C=O) groups is 1. The average Bonchev–Trinajstić information content (AvgIpc) is 2.62. The minimum absolute atomic E-state index is 0.316. The zero-order valence-corrected chi connectivity index (χ0v) is 14.1. The van der Waals surface area contributed by atoms with E-state index in [-0.39, 0.29) is 5.91 Å². The van der Waals surface area contributed by atoms with Gasteiger partial charge in [-0.2, -0.15) is 5.10 Å². The molecule has 0 bridgehead atoms. The zero-order valence-electron chi connectivity index (χ0n) is 14.1. The van der Waals surface area contributed by atoms with E-state index >= 15 is 0 Å². The van der Waals surface area contributed by atoms with E-state index in [1.165, 1.54) is 0 Å². The van der Waals surface area contributed by atoms with Gasteiger partial charge >= 0.3 is 0 Å². The van der Waals surface area contributed by atoms with Gasteiger partial charge in [-0.3, -0.25) is 9.78 Å². The van der Waals surface area contributed by atoms with Crippen molar-refractivity contribution in [2.75, 3.05) is 13.2 Å². The fourth-order valence-electron chi connectivity index (χ4n) is 2.03. The molecule has 126 valence electrons. The number of nitrogens with zero attached hydrogens (tertiary/aromatic N) is 2. The van der Waals surface area contributed by atoms with Crippen molar-refractivity contribution in [3.05, 3.63) is 53.9 Å². The van der Waals surface area contributed by atoms with Crippen LogP contribution in [0.4, 0.5) is 0 Å². The molecule has 0 aliphatic heterocycles. The predicted octanol–water partition coefficient (Wildman–Crippen LogP) is 3.03. The van der Waals surface area contributed by atoms with Crippen LogP contribution >= 0.6 is 0 Å². The standard InChI is InChI=1S/C18H21N3O3/c1-4-23-16-10-9-14(12-17(16)24-5-2)13(3)20-21-18(22)15-8-6-7-11-19-15/h6-12H,4-5H2,1-3H3,(H,21,22)/b20-13-. The Labute approximate surface area is 141 Å². The largest absolute Gasteiger partial charge is 0.490 e. The van der Waals surface area contributed by atoms with Gasteiger partial charge in [0.25, 0.3) is 5.91 Å². The van der Waals surface area contributed by atoms with Gasteiger partial charge in [0, 0.05) is 11.8 Å². The Morgan fingerprint density at radius 1 is 1.12 bits per heavy atom. The topological polar surface area (TPSA) is 72.8 Å². The summed E-state index contributed by atoms with van der Waals surface area (Å²) in [5.74, 6) is 0.988. The van der Waals surface area contributed by atoms with Crippen LogP contribution in [0.5, 0.6) is 11.5 Å². The Bertz CT molecular complexity index is 715. The first-order valence-electron chi connectivity index (χ1n) is 7.81. The number of hydrazone groups is 1. The molecule has 24 heavy (non-hydrogen) atoms. The van der Waals surface area contributed by atoms with E-state index in [1.54, 1.807) is 24.4 Å². The van der Waals surface area contributed by atoms with Crippen LogP contribution < -0.4 is 14.9 Å². The second kappa shape index (κ2) is 8.67. The summed E-state index contributed by atoms with van der Waals surface area (Å²) < 4.78 is 11.1. The number of ether oxygens (including phenoxy) is 2. The molecular weight excluding hydrogens is 306 g/mol. The van der Waals surface area contributed by atoms with Gasteiger partial charge in [-0.25, -0.2) is 5.43 Å². The maximum absolute atomic E-state index is 12.0.